The molecule has 0 saturated carbocycles. The van der Waals surface area contributed by atoms with Crippen molar-refractivity contribution in [1.82, 2.24) is 29.8 Å². The first-order valence-corrected chi connectivity index (χ1v) is 8.20. The highest BCUT2D eigenvalue weighted by Crippen LogP contribution is 2.21. The molecule has 0 aliphatic rings. The van der Waals surface area contributed by atoms with Crippen molar-refractivity contribution in [2.24, 2.45) is 0 Å². The van der Waals surface area contributed by atoms with Gasteiger partial charge in [-0.2, -0.15) is 5.10 Å². The van der Waals surface area contributed by atoms with Crippen LogP contribution in [-0.2, 0) is 5.75 Å². The van der Waals surface area contributed by atoms with E-state index in [1.807, 2.05) is 60.0 Å². The molecule has 1 aromatic carbocycles. The third kappa shape index (κ3) is 2.83. The lowest BCUT2D eigenvalue weighted by Gasteiger charge is -1.94. The SMILES string of the molecule is Cc1cccc2nc(CSc3n[nH]c(-c4ccccc4)n3)nn12. The van der Waals surface area contributed by atoms with Crippen molar-refractivity contribution < 1.29 is 0 Å². The van der Waals surface area contributed by atoms with Gasteiger partial charge in [0.15, 0.2) is 17.3 Å². The monoisotopic (exact) mass is 322 g/mol. The van der Waals surface area contributed by atoms with Crippen LogP contribution < -0.4 is 0 Å². The number of aromatic amines is 1. The van der Waals surface area contributed by atoms with E-state index in [1.165, 1.54) is 11.8 Å². The Bertz CT molecular complexity index is 944. The van der Waals surface area contributed by atoms with Crippen LogP contribution in [-0.4, -0.2) is 29.8 Å². The highest BCUT2D eigenvalue weighted by Gasteiger charge is 2.09. The van der Waals surface area contributed by atoms with Crippen molar-refractivity contribution in [2.45, 2.75) is 17.8 Å². The molecule has 0 unspecified atom stereocenters. The first kappa shape index (κ1) is 14.0. The molecule has 0 fully saturated rings. The van der Waals surface area contributed by atoms with Gasteiger partial charge in [0, 0.05) is 11.3 Å². The van der Waals surface area contributed by atoms with Crippen LogP contribution in [0.2, 0.25) is 0 Å². The van der Waals surface area contributed by atoms with Crippen LogP contribution in [0.1, 0.15) is 11.5 Å². The Morgan fingerprint density at radius 2 is 1.91 bits per heavy atom. The van der Waals surface area contributed by atoms with Crippen molar-refractivity contribution in [3.8, 4) is 11.4 Å². The zero-order valence-electron chi connectivity index (χ0n) is 12.5. The minimum atomic E-state index is 0.632. The topological polar surface area (TPSA) is 71.8 Å². The van der Waals surface area contributed by atoms with E-state index in [4.69, 9.17) is 0 Å². The third-order valence-electron chi connectivity index (χ3n) is 3.44. The van der Waals surface area contributed by atoms with E-state index in [2.05, 4.69) is 25.3 Å². The fraction of sp³-hybridized carbons (Fsp3) is 0.125. The van der Waals surface area contributed by atoms with Crippen molar-refractivity contribution in [2.75, 3.05) is 0 Å². The lowest BCUT2D eigenvalue weighted by Crippen LogP contribution is -1.92. The molecule has 0 aliphatic carbocycles. The highest BCUT2D eigenvalue weighted by atomic mass is 32.2. The summed E-state index contributed by atoms with van der Waals surface area (Å²) in [5.74, 6) is 2.18. The Kier molecular flexibility index (Phi) is 3.55. The molecule has 3 heterocycles. The Balaban J connectivity index is 1.50. The molecule has 4 aromatic rings. The van der Waals surface area contributed by atoms with Crippen LogP contribution in [0.4, 0.5) is 0 Å². The van der Waals surface area contributed by atoms with Gasteiger partial charge in [0.05, 0.1) is 5.75 Å². The number of thioether (sulfide) groups is 1. The fourth-order valence-electron chi connectivity index (χ4n) is 2.31. The van der Waals surface area contributed by atoms with Gasteiger partial charge in [-0.05, 0) is 19.1 Å². The largest absolute Gasteiger partial charge is 0.258 e. The summed E-state index contributed by atoms with van der Waals surface area (Å²) in [7, 11) is 0. The average Bonchev–Trinajstić information content (AvgIpc) is 3.21. The van der Waals surface area contributed by atoms with Gasteiger partial charge in [-0.3, -0.25) is 5.10 Å². The Hall–Kier alpha value is -2.67. The van der Waals surface area contributed by atoms with Crippen molar-refractivity contribution >= 4 is 17.4 Å². The van der Waals surface area contributed by atoms with Gasteiger partial charge < -0.3 is 0 Å². The number of hydrogen-bond donors (Lipinski definition) is 1. The summed E-state index contributed by atoms with van der Waals surface area (Å²) in [5.41, 5.74) is 2.95. The molecule has 6 nitrogen and oxygen atoms in total. The third-order valence-corrected chi connectivity index (χ3v) is 4.28. The van der Waals surface area contributed by atoms with Crippen LogP contribution in [0, 0.1) is 6.92 Å². The molecule has 0 amide bonds. The van der Waals surface area contributed by atoms with Crippen LogP contribution >= 0.6 is 11.8 Å². The van der Waals surface area contributed by atoms with Crippen LogP contribution in [0.25, 0.3) is 17.0 Å². The number of fused-ring (bicyclic) bond motifs is 1. The molecule has 23 heavy (non-hydrogen) atoms. The quantitative estimate of drug-likeness (QED) is 0.585. The zero-order chi connectivity index (χ0) is 15.6. The first-order chi connectivity index (χ1) is 11.3. The number of hydrogen-bond acceptors (Lipinski definition) is 5. The molecule has 3 aromatic heterocycles. The summed E-state index contributed by atoms with van der Waals surface area (Å²) in [6, 6.07) is 15.9. The van der Waals surface area contributed by atoms with E-state index in [0.717, 1.165) is 28.6 Å². The summed E-state index contributed by atoms with van der Waals surface area (Å²) in [6.07, 6.45) is 0. The van der Waals surface area contributed by atoms with E-state index in [1.54, 1.807) is 0 Å². The second-order valence-electron chi connectivity index (χ2n) is 5.09. The van der Waals surface area contributed by atoms with Gasteiger partial charge in [0.25, 0.3) is 0 Å². The van der Waals surface area contributed by atoms with Gasteiger partial charge in [-0.15, -0.1) is 5.10 Å². The number of aryl methyl sites for hydroxylation is 1. The molecular weight excluding hydrogens is 308 g/mol. The van der Waals surface area contributed by atoms with Gasteiger partial charge in [0.2, 0.25) is 5.16 Å². The number of pyridine rings is 1. The Labute approximate surface area is 137 Å². The van der Waals surface area contributed by atoms with Crippen LogP contribution in [0.3, 0.4) is 0 Å². The number of benzene rings is 1. The van der Waals surface area contributed by atoms with E-state index in [9.17, 15) is 0 Å². The second-order valence-corrected chi connectivity index (χ2v) is 6.03. The molecular formula is C16H14N6S. The maximum atomic E-state index is 4.52. The zero-order valence-corrected chi connectivity index (χ0v) is 13.3. The average molecular weight is 322 g/mol. The standard InChI is InChI=1S/C16H14N6S/c1-11-6-5-9-14-17-13(21-22(11)14)10-23-16-18-15(19-20-16)12-7-3-2-4-8-12/h2-9H,10H2,1H3,(H,18,19,20). The number of nitrogens with zero attached hydrogens (tertiary/aromatic N) is 5. The highest BCUT2D eigenvalue weighted by molar-refractivity contribution is 7.98. The molecule has 7 heteroatoms. The summed E-state index contributed by atoms with van der Waals surface area (Å²) >= 11 is 1.52. The maximum absolute atomic E-state index is 4.52. The Morgan fingerprint density at radius 1 is 1.04 bits per heavy atom. The molecule has 0 atom stereocenters. The summed E-state index contributed by atoms with van der Waals surface area (Å²) in [4.78, 5) is 9.02. The minimum Gasteiger partial charge on any atom is -0.258 e. The number of H-pyrrole nitrogens is 1. The van der Waals surface area contributed by atoms with Gasteiger partial charge in [0.1, 0.15) is 0 Å². The lowest BCUT2D eigenvalue weighted by atomic mass is 10.2. The van der Waals surface area contributed by atoms with Gasteiger partial charge in [-0.25, -0.2) is 14.5 Å². The van der Waals surface area contributed by atoms with Crippen LogP contribution in [0.5, 0.6) is 0 Å². The molecule has 0 radical (unpaired) electrons. The first-order valence-electron chi connectivity index (χ1n) is 7.21. The van der Waals surface area contributed by atoms with E-state index < -0.39 is 0 Å². The minimum absolute atomic E-state index is 0.632. The van der Waals surface area contributed by atoms with Gasteiger partial charge >= 0.3 is 0 Å². The van der Waals surface area contributed by atoms with E-state index in [0.29, 0.717) is 10.9 Å². The molecule has 0 spiro atoms. The smallest absolute Gasteiger partial charge is 0.209 e. The van der Waals surface area contributed by atoms with E-state index >= 15 is 0 Å². The lowest BCUT2D eigenvalue weighted by molar-refractivity contribution is 0.886. The van der Waals surface area contributed by atoms with E-state index in [-0.39, 0.29) is 0 Å². The molecule has 0 saturated heterocycles. The molecule has 1 N–H and O–H groups in total. The molecule has 0 aliphatic heterocycles. The summed E-state index contributed by atoms with van der Waals surface area (Å²) < 4.78 is 1.85. The van der Waals surface area contributed by atoms with Crippen LogP contribution in [0.15, 0.2) is 53.7 Å². The van der Waals surface area contributed by atoms with Crippen molar-refractivity contribution in [3.05, 3.63) is 60.0 Å². The molecule has 114 valence electrons. The van der Waals surface area contributed by atoms with Crippen molar-refractivity contribution in [3.63, 3.8) is 0 Å². The molecule has 0 bridgehead atoms. The van der Waals surface area contributed by atoms with Crippen molar-refractivity contribution in [1.29, 1.82) is 0 Å². The molecule has 4 rings (SSSR count). The fourth-order valence-corrected chi connectivity index (χ4v) is 2.95. The normalized spacial score (nSPS) is 11.2. The number of nitrogens with one attached hydrogen (secondary N) is 1. The predicted octanol–water partition coefficient (Wildman–Crippen LogP) is 3.12. The number of aromatic nitrogens is 6. The summed E-state index contributed by atoms with van der Waals surface area (Å²) in [6.45, 7) is 2.01. The predicted molar refractivity (Wildman–Crippen MR) is 89.1 cm³/mol. The van der Waals surface area contributed by atoms with Gasteiger partial charge in [-0.1, -0.05) is 48.2 Å². The second kappa shape index (κ2) is 5.85. The number of rotatable bonds is 4. The summed E-state index contributed by atoms with van der Waals surface area (Å²) in [5, 5.41) is 12.4. The maximum Gasteiger partial charge on any atom is 0.209 e. The Morgan fingerprint density at radius 3 is 2.74 bits per heavy atom.